The van der Waals surface area contributed by atoms with Crippen LogP contribution in [0.3, 0.4) is 0 Å². The summed E-state index contributed by atoms with van der Waals surface area (Å²) in [5.74, 6) is 0. The summed E-state index contributed by atoms with van der Waals surface area (Å²) in [5, 5.41) is 20.9. The summed E-state index contributed by atoms with van der Waals surface area (Å²) in [7, 11) is 0. The lowest BCUT2D eigenvalue weighted by atomic mass is 10.0. The van der Waals surface area contributed by atoms with E-state index in [2.05, 4.69) is 0 Å². The van der Waals surface area contributed by atoms with E-state index >= 15 is 0 Å². The van der Waals surface area contributed by atoms with E-state index in [1.54, 1.807) is 17.4 Å². The molecule has 0 amide bonds. The molecule has 0 aliphatic heterocycles. The van der Waals surface area contributed by atoms with Crippen LogP contribution in [-0.2, 0) is 6.61 Å². The molecule has 2 aromatic rings. The molecule has 0 bridgehead atoms. The zero-order chi connectivity index (χ0) is 10.1. The first-order valence-electron chi connectivity index (χ1n) is 4.07. The molecule has 0 unspecified atom stereocenters. The smallest absolute Gasteiger partial charge is 0.102 e. The van der Waals surface area contributed by atoms with E-state index in [1.807, 2.05) is 17.5 Å². The number of nitrogen functional groups attached to an aromatic ring is 1. The largest absolute Gasteiger partial charge is 0.398 e. The van der Waals surface area contributed by atoms with Gasteiger partial charge in [0.25, 0.3) is 0 Å². The quantitative estimate of drug-likeness (QED) is 0.696. The second-order valence-corrected chi connectivity index (χ2v) is 3.87. The normalized spacial score (nSPS) is 10.3. The second-order valence-electron chi connectivity index (χ2n) is 2.92. The number of aliphatic hydroxyl groups is 1. The van der Waals surface area contributed by atoms with Crippen molar-refractivity contribution in [2.75, 3.05) is 5.73 Å². The molecule has 1 aromatic heterocycles. The third kappa shape index (κ3) is 1.15. The van der Waals surface area contributed by atoms with Crippen LogP contribution in [-0.4, -0.2) is 5.11 Å². The van der Waals surface area contributed by atoms with E-state index < -0.39 is 0 Å². The van der Waals surface area contributed by atoms with Crippen LogP contribution >= 0.6 is 11.3 Å². The summed E-state index contributed by atoms with van der Waals surface area (Å²) in [6.07, 6.45) is 0. The first-order chi connectivity index (χ1) is 6.77. The molecule has 0 radical (unpaired) electrons. The van der Waals surface area contributed by atoms with Crippen molar-refractivity contribution in [2.45, 2.75) is 6.61 Å². The number of benzene rings is 1. The predicted molar refractivity (Wildman–Crippen MR) is 56.9 cm³/mol. The Labute approximate surface area is 85.0 Å². The van der Waals surface area contributed by atoms with Crippen LogP contribution in [0.15, 0.2) is 17.5 Å². The van der Waals surface area contributed by atoms with Gasteiger partial charge < -0.3 is 10.8 Å². The van der Waals surface area contributed by atoms with Crippen LogP contribution in [0.2, 0.25) is 0 Å². The average molecular weight is 204 g/mol. The maximum Gasteiger partial charge on any atom is 0.102 e. The van der Waals surface area contributed by atoms with Crippen molar-refractivity contribution in [3.8, 4) is 6.07 Å². The molecule has 70 valence electrons. The van der Waals surface area contributed by atoms with E-state index in [9.17, 15) is 5.11 Å². The van der Waals surface area contributed by atoms with Crippen molar-refractivity contribution in [3.05, 3.63) is 28.6 Å². The van der Waals surface area contributed by atoms with Crippen molar-refractivity contribution >= 4 is 27.1 Å². The van der Waals surface area contributed by atoms with Crippen LogP contribution in [0.5, 0.6) is 0 Å². The fraction of sp³-hybridized carbons (Fsp3) is 0.100. The van der Waals surface area contributed by atoms with Gasteiger partial charge in [-0.15, -0.1) is 11.3 Å². The van der Waals surface area contributed by atoms with Gasteiger partial charge in [-0.2, -0.15) is 5.26 Å². The van der Waals surface area contributed by atoms with Gasteiger partial charge in [-0.25, -0.2) is 0 Å². The lowest BCUT2D eigenvalue weighted by Crippen LogP contribution is -1.96. The van der Waals surface area contributed by atoms with Crippen LogP contribution in [0.1, 0.15) is 11.1 Å². The van der Waals surface area contributed by atoms with E-state index in [-0.39, 0.29) is 6.61 Å². The van der Waals surface area contributed by atoms with Crippen molar-refractivity contribution < 1.29 is 5.11 Å². The van der Waals surface area contributed by atoms with Crippen molar-refractivity contribution in [1.29, 1.82) is 5.26 Å². The van der Waals surface area contributed by atoms with Gasteiger partial charge in [-0.3, -0.25) is 0 Å². The van der Waals surface area contributed by atoms with Crippen LogP contribution < -0.4 is 5.73 Å². The average Bonchev–Trinajstić information content (AvgIpc) is 2.62. The summed E-state index contributed by atoms with van der Waals surface area (Å²) in [4.78, 5) is 0. The van der Waals surface area contributed by atoms with Gasteiger partial charge in [0, 0.05) is 10.3 Å². The lowest BCUT2D eigenvalue weighted by Gasteiger charge is -2.05. The number of nitrogens with zero attached hydrogens (tertiary/aromatic N) is 1. The number of aliphatic hydroxyl groups excluding tert-OH is 1. The van der Waals surface area contributed by atoms with Crippen molar-refractivity contribution in [1.82, 2.24) is 0 Å². The Kier molecular flexibility index (Phi) is 2.12. The Morgan fingerprint density at radius 1 is 1.57 bits per heavy atom. The molecule has 1 aromatic carbocycles. The minimum Gasteiger partial charge on any atom is -0.398 e. The van der Waals surface area contributed by atoms with Crippen LogP contribution in [0.25, 0.3) is 10.1 Å². The Hall–Kier alpha value is -1.57. The number of anilines is 1. The lowest BCUT2D eigenvalue weighted by molar-refractivity contribution is 0.283. The minimum atomic E-state index is -0.152. The summed E-state index contributed by atoms with van der Waals surface area (Å²) >= 11 is 1.55. The highest BCUT2D eigenvalue weighted by Crippen LogP contribution is 2.30. The van der Waals surface area contributed by atoms with Crippen LogP contribution in [0.4, 0.5) is 5.69 Å². The first-order valence-corrected chi connectivity index (χ1v) is 4.95. The highest BCUT2D eigenvalue weighted by molar-refractivity contribution is 7.17. The molecule has 0 aliphatic rings. The molecule has 4 heteroatoms. The predicted octanol–water partition coefficient (Wildman–Crippen LogP) is 1.85. The summed E-state index contributed by atoms with van der Waals surface area (Å²) in [5.41, 5.74) is 7.16. The molecule has 0 fully saturated rings. The molecule has 1 heterocycles. The van der Waals surface area contributed by atoms with E-state index in [1.165, 1.54) is 0 Å². The number of rotatable bonds is 1. The first kappa shape index (κ1) is 9.00. The second kappa shape index (κ2) is 3.29. The number of nitriles is 1. The zero-order valence-electron chi connectivity index (χ0n) is 7.32. The highest BCUT2D eigenvalue weighted by atomic mass is 32.1. The maximum absolute atomic E-state index is 9.19. The maximum atomic E-state index is 9.19. The van der Waals surface area contributed by atoms with Gasteiger partial charge in [0.1, 0.15) is 6.07 Å². The Balaban J connectivity index is 2.91. The Morgan fingerprint density at radius 2 is 2.36 bits per heavy atom. The molecule has 3 N–H and O–H groups in total. The van der Waals surface area contributed by atoms with Crippen LogP contribution in [0, 0.1) is 11.3 Å². The SMILES string of the molecule is N#Cc1c(N)cc2sccc2c1CO. The molecule has 0 atom stereocenters. The van der Waals surface area contributed by atoms with Gasteiger partial charge >= 0.3 is 0 Å². The zero-order valence-corrected chi connectivity index (χ0v) is 8.14. The third-order valence-corrected chi connectivity index (χ3v) is 3.03. The standard InChI is InChI=1S/C10H8N2OS/c11-4-7-8(5-13)6-1-2-14-10(6)3-9(7)12/h1-3,13H,5,12H2. The van der Waals surface area contributed by atoms with Gasteiger partial charge in [0.15, 0.2) is 0 Å². The minimum absolute atomic E-state index is 0.152. The van der Waals surface area contributed by atoms with E-state index in [0.29, 0.717) is 16.8 Å². The monoisotopic (exact) mass is 204 g/mol. The molecule has 0 aliphatic carbocycles. The van der Waals surface area contributed by atoms with E-state index in [4.69, 9.17) is 11.0 Å². The summed E-state index contributed by atoms with van der Waals surface area (Å²) in [6.45, 7) is -0.152. The molecule has 0 saturated carbocycles. The number of hydrogen-bond donors (Lipinski definition) is 2. The molecule has 2 rings (SSSR count). The molecule has 3 nitrogen and oxygen atoms in total. The third-order valence-electron chi connectivity index (χ3n) is 2.17. The number of hydrogen-bond acceptors (Lipinski definition) is 4. The Morgan fingerprint density at radius 3 is 3.00 bits per heavy atom. The molecule has 0 saturated heterocycles. The summed E-state index contributed by atoms with van der Waals surface area (Å²) in [6, 6.07) is 5.69. The molecule has 14 heavy (non-hydrogen) atoms. The number of nitrogens with two attached hydrogens (primary N) is 1. The summed E-state index contributed by atoms with van der Waals surface area (Å²) < 4.78 is 1.01. The van der Waals surface area contributed by atoms with Crippen molar-refractivity contribution in [3.63, 3.8) is 0 Å². The molecule has 0 spiro atoms. The fourth-order valence-electron chi connectivity index (χ4n) is 1.50. The van der Waals surface area contributed by atoms with Gasteiger partial charge in [0.05, 0.1) is 17.9 Å². The topological polar surface area (TPSA) is 70.0 Å². The number of thiophene rings is 1. The highest BCUT2D eigenvalue weighted by Gasteiger charge is 2.11. The van der Waals surface area contributed by atoms with Crippen molar-refractivity contribution in [2.24, 2.45) is 0 Å². The van der Waals surface area contributed by atoms with Gasteiger partial charge in [-0.1, -0.05) is 0 Å². The van der Waals surface area contributed by atoms with Gasteiger partial charge in [0.2, 0.25) is 0 Å². The molecular formula is C10H8N2OS. The number of fused-ring (bicyclic) bond motifs is 1. The fourth-order valence-corrected chi connectivity index (χ4v) is 2.36. The van der Waals surface area contributed by atoms with E-state index in [0.717, 1.165) is 10.1 Å². The Bertz CT molecular complexity index is 525. The van der Waals surface area contributed by atoms with Gasteiger partial charge in [-0.05, 0) is 22.9 Å². The molecular weight excluding hydrogens is 196 g/mol.